The minimum absolute atomic E-state index is 0.350. The summed E-state index contributed by atoms with van der Waals surface area (Å²) in [5, 5.41) is 13.6. The quantitative estimate of drug-likeness (QED) is 0.873. The van der Waals surface area contributed by atoms with Crippen molar-refractivity contribution in [2.24, 2.45) is 0 Å². The molecule has 0 amide bonds. The number of aliphatic hydroxyl groups is 1. The van der Waals surface area contributed by atoms with Gasteiger partial charge in [0, 0.05) is 10.5 Å². The fourth-order valence-corrected chi connectivity index (χ4v) is 2.67. The first-order valence-corrected chi connectivity index (χ1v) is 7.22. The Morgan fingerprint density at radius 3 is 2.53 bits per heavy atom. The Morgan fingerprint density at radius 2 is 1.88 bits per heavy atom. The van der Waals surface area contributed by atoms with Gasteiger partial charge in [0.25, 0.3) is 0 Å². The van der Waals surface area contributed by atoms with Gasteiger partial charge in [-0.15, -0.1) is 0 Å². The summed E-state index contributed by atoms with van der Waals surface area (Å²) >= 11 is 3.40. The molecule has 1 aromatic rings. The SMILES string of the molecule is OC(CCNC1CCCC1)c1ccc(Br)cc1. The van der Waals surface area contributed by atoms with Gasteiger partial charge >= 0.3 is 0 Å². The number of aliphatic hydroxyl groups excluding tert-OH is 1. The molecule has 0 radical (unpaired) electrons. The highest BCUT2D eigenvalue weighted by Gasteiger charge is 2.14. The van der Waals surface area contributed by atoms with E-state index in [4.69, 9.17) is 0 Å². The van der Waals surface area contributed by atoms with E-state index in [-0.39, 0.29) is 6.10 Å². The van der Waals surface area contributed by atoms with Gasteiger partial charge in [0.05, 0.1) is 6.10 Å². The molecule has 2 nitrogen and oxygen atoms in total. The van der Waals surface area contributed by atoms with Crippen molar-refractivity contribution in [3.8, 4) is 0 Å². The third-order valence-corrected chi connectivity index (χ3v) is 3.99. The normalized spacial score (nSPS) is 18.5. The largest absolute Gasteiger partial charge is 0.388 e. The van der Waals surface area contributed by atoms with Gasteiger partial charge in [-0.25, -0.2) is 0 Å². The van der Waals surface area contributed by atoms with Crippen LogP contribution in [0.2, 0.25) is 0 Å². The molecule has 2 N–H and O–H groups in total. The standard InChI is InChI=1S/C14H20BrNO/c15-12-7-5-11(6-8-12)14(17)9-10-16-13-3-1-2-4-13/h5-8,13-14,16-17H,1-4,9-10H2. The molecular formula is C14H20BrNO. The lowest BCUT2D eigenvalue weighted by atomic mass is 10.1. The molecule has 1 aliphatic carbocycles. The first-order valence-electron chi connectivity index (χ1n) is 6.42. The van der Waals surface area contributed by atoms with Crippen LogP contribution in [0, 0.1) is 0 Å². The van der Waals surface area contributed by atoms with Crippen LogP contribution in [0.15, 0.2) is 28.7 Å². The molecule has 0 spiro atoms. The Labute approximate surface area is 112 Å². The van der Waals surface area contributed by atoms with Crippen molar-refractivity contribution in [1.82, 2.24) is 5.32 Å². The fourth-order valence-electron chi connectivity index (χ4n) is 2.41. The molecule has 1 atom stereocenters. The maximum absolute atomic E-state index is 10.0. The Kier molecular flexibility index (Phi) is 5.01. The van der Waals surface area contributed by atoms with Gasteiger partial charge in [-0.1, -0.05) is 40.9 Å². The highest BCUT2D eigenvalue weighted by Crippen LogP contribution is 2.20. The summed E-state index contributed by atoms with van der Waals surface area (Å²) < 4.78 is 1.05. The van der Waals surface area contributed by atoms with Gasteiger partial charge in [-0.3, -0.25) is 0 Å². The fraction of sp³-hybridized carbons (Fsp3) is 0.571. The zero-order valence-electron chi connectivity index (χ0n) is 10.0. The molecule has 0 saturated heterocycles. The smallest absolute Gasteiger partial charge is 0.0802 e. The van der Waals surface area contributed by atoms with E-state index in [2.05, 4.69) is 21.2 Å². The lowest BCUT2D eigenvalue weighted by molar-refractivity contribution is 0.165. The van der Waals surface area contributed by atoms with E-state index in [0.717, 1.165) is 23.0 Å². The minimum atomic E-state index is -0.350. The van der Waals surface area contributed by atoms with Crippen molar-refractivity contribution in [2.75, 3.05) is 6.54 Å². The van der Waals surface area contributed by atoms with Crippen LogP contribution in [0.5, 0.6) is 0 Å². The molecule has 1 aromatic carbocycles. The highest BCUT2D eigenvalue weighted by molar-refractivity contribution is 9.10. The second-order valence-corrected chi connectivity index (χ2v) is 5.71. The summed E-state index contributed by atoms with van der Waals surface area (Å²) in [7, 11) is 0. The molecule has 1 unspecified atom stereocenters. The average molecular weight is 298 g/mol. The third-order valence-electron chi connectivity index (χ3n) is 3.46. The Hall–Kier alpha value is -0.380. The molecule has 3 heteroatoms. The van der Waals surface area contributed by atoms with Crippen LogP contribution < -0.4 is 5.32 Å². The molecule has 0 heterocycles. The number of hydrogen-bond donors (Lipinski definition) is 2. The van der Waals surface area contributed by atoms with Crippen molar-refractivity contribution >= 4 is 15.9 Å². The van der Waals surface area contributed by atoms with Gasteiger partial charge < -0.3 is 10.4 Å². The second kappa shape index (κ2) is 6.53. The van der Waals surface area contributed by atoms with Gasteiger partial charge in [-0.2, -0.15) is 0 Å². The van der Waals surface area contributed by atoms with E-state index in [1.165, 1.54) is 25.7 Å². The molecule has 94 valence electrons. The predicted molar refractivity (Wildman–Crippen MR) is 74.0 cm³/mol. The van der Waals surface area contributed by atoms with Crippen LogP contribution in [-0.2, 0) is 0 Å². The van der Waals surface area contributed by atoms with Crippen molar-refractivity contribution in [1.29, 1.82) is 0 Å². The summed E-state index contributed by atoms with van der Waals surface area (Å²) in [6.45, 7) is 0.905. The minimum Gasteiger partial charge on any atom is -0.388 e. The zero-order valence-corrected chi connectivity index (χ0v) is 11.6. The monoisotopic (exact) mass is 297 g/mol. The molecule has 2 rings (SSSR count). The molecule has 0 aromatic heterocycles. The summed E-state index contributed by atoms with van der Waals surface area (Å²) in [4.78, 5) is 0. The Balaban J connectivity index is 1.72. The number of rotatable bonds is 5. The number of benzene rings is 1. The van der Waals surface area contributed by atoms with Crippen molar-refractivity contribution < 1.29 is 5.11 Å². The number of hydrogen-bond acceptors (Lipinski definition) is 2. The van der Waals surface area contributed by atoms with E-state index in [9.17, 15) is 5.11 Å². The average Bonchev–Trinajstić information content (AvgIpc) is 2.83. The van der Waals surface area contributed by atoms with Crippen molar-refractivity contribution in [3.05, 3.63) is 34.3 Å². The highest BCUT2D eigenvalue weighted by atomic mass is 79.9. The van der Waals surface area contributed by atoms with Gasteiger partial charge in [-0.05, 0) is 43.5 Å². The maximum atomic E-state index is 10.0. The molecule has 0 bridgehead atoms. The first kappa shape index (κ1) is 13.1. The van der Waals surface area contributed by atoms with E-state index in [1.807, 2.05) is 24.3 Å². The molecular weight excluding hydrogens is 278 g/mol. The van der Waals surface area contributed by atoms with Crippen LogP contribution in [0.25, 0.3) is 0 Å². The van der Waals surface area contributed by atoms with E-state index in [1.54, 1.807) is 0 Å². The van der Waals surface area contributed by atoms with Crippen LogP contribution >= 0.6 is 15.9 Å². The zero-order chi connectivity index (χ0) is 12.1. The summed E-state index contributed by atoms with van der Waals surface area (Å²) in [5.41, 5.74) is 1.00. The molecule has 1 fully saturated rings. The second-order valence-electron chi connectivity index (χ2n) is 4.79. The van der Waals surface area contributed by atoms with Crippen molar-refractivity contribution in [3.63, 3.8) is 0 Å². The van der Waals surface area contributed by atoms with E-state index >= 15 is 0 Å². The van der Waals surface area contributed by atoms with Gasteiger partial charge in [0.15, 0.2) is 0 Å². The Bertz CT molecular complexity index is 333. The van der Waals surface area contributed by atoms with Crippen LogP contribution in [0.4, 0.5) is 0 Å². The topological polar surface area (TPSA) is 32.3 Å². The maximum Gasteiger partial charge on any atom is 0.0802 e. The third kappa shape index (κ3) is 4.09. The molecule has 17 heavy (non-hydrogen) atoms. The van der Waals surface area contributed by atoms with E-state index in [0.29, 0.717) is 6.04 Å². The van der Waals surface area contributed by atoms with E-state index < -0.39 is 0 Å². The predicted octanol–water partition coefficient (Wildman–Crippen LogP) is 3.40. The lowest BCUT2D eigenvalue weighted by Crippen LogP contribution is -2.27. The van der Waals surface area contributed by atoms with Crippen LogP contribution in [0.1, 0.15) is 43.8 Å². The molecule has 1 aliphatic rings. The number of nitrogens with one attached hydrogen (secondary N) is 1. The van der Waals surface area contributed by atoms with Crippen molar-refractivity contribution in [2.45, 2.75) is 44.2 Å². The lowest BCUT2D eigenvalue weighted by Gasteiger charge is -2.15. The van der Waals surface area contributed by atoms with Gasteiger partial charge in [0.2, 0.25) is 0 Å². The Morgan fingerprint density at radius 1 is 1.24 bits per heavy atom. The van der Waals surface area contributed by atoms with Crippen LogP contribution in [0.3, 0.4) is 0 Å². The summed E-state index contributed by atoms with van der Waals surface area (Å²) in [6.07, 6.45) is 5.75. The number of halogens is 1. The molecule has 1 saturated carbocycles. The first-order chi connectivity index (χ1) is 8.25. The summed E-state index contributed by atoms with van der Waals surface area (Å²) in [6, 6.07) is 8.59. The molecule has 0 aliphatic heterocycles. The van der Waals surface area contributed by atoms with Gasteiger partial charge in [0.1, 0.15) is 0 Å². The van der Waals surface area contributed by atoms with Crippen LogP contribution in [-0.4, -0.2) is 17.7 Å². The summed E-state index contributed by atoms with van der Waals surface area (Å²) in [5.74, 6) is 0.